The molecule has 5 nitrogen and oxygen atoms in total. The lowest BCUT2D eigenvalue weighted by Crippen LogP contribution is -2.12. The van der Waals surface area contributed by atoms with E-state index in [4.69, 9.17) is 0 Å². The van der Waals surface area contributed by atoms with Crippen molar-refractivity contribution in [1.82, 2.24) is 9.97 Å². The zero-order valence-corrected chi connectivity index (χ0v) is 15.6. The van der Waals surface area contributed by atoms with Gasteiger partial charge >= 0.3 is 0 Å². The van der Waals surface area contributed by atoms with E-state index in [1.165, 1.54) is 11.9 Å². The van der Waals surface area contributed by atoms with Crippen molar-refractivity contribution in [2.24, 2.45) is 0 Å². The number of hydrogen-bond donors (Lipinski definition) is 1. The molecule has 1 aromatic carbocycles. The predicted octanol–water partition coefficient (Wildman–Crippen LogP) is 4.80. The Kier molecular flexibility index (Phi) is 5.67. The van der Waals surface area contributed by atoms with E-state index in [2.05, 4.69) is 15.3 Å². The van der Waals surface area contributed by atoms with E-state index >= 15 is 0 Å². The summed E-state index contributed by atoms with van der Waals surface area (Å²) < 4.78 is 14.3. The number of rotatable bonds is 3. The monoisotopic (exact) mass is 370 g/mol. The lowest BCUT2D eigenvalue weighted by atomic mass is 10.4. The highest BCUT2D eigenvalue weighted by atomic mass is 32.2. The van der Waals surface area contributed by atoms with E-state index in [-0.39, 0.29) is 0 Å². The zero-order chi connectivity index (χ0) is 17.6. The van der Waals surface area contributed by atoms with Crippen LogP contribution in [0.15, 0.2) is 76.8 Å². The molecule has 4 rings (SSSR count). The molecule has 0 fully saturated rings. The van der Waals surface area contributed by atoms with Crippen LogP contribution < -0.4 is 9.03 Å². The van der Waals surface area contributed by atoms with Gasteiger partial charge in [-0.15, -0.1) is 0 Å². The SMILES string of the molecule is CC.O=S1c2ccccc2SN1c1ccc(Nc2ccccn2)nc1. The number of benzene rings is 1. The van der Waals surface area contributed by atoms with Crippen molar-refractivity contribution in [3.05, 3.63) is 67.0 Å². The van der Waals surface area contributed by atoms with E-state index in [0.29, 0.717) is 5.82 Å². The fraction of sp³-hybridized carbons (Fsp3) is 0.111. The van der Waals surface area contributed by atoms with Gasteiger partial charge in [0.1, 0.15) is 11.6 Å². The van der Waals surface area contributed by atoms with Gasteiger partial charge in [-0.1, -0.05) is 32.0 Å². The van der Waals surface area contributed by atoms with Gasteiger partial charge in [0.15, 0.2) is 11.0 Å². The van der Waals surface area contributed by atoms with Gasteiger partial charge in [0.25, 0.3) is 0 Å². The Labute approximate surface area is 154 Å². The smallest absolute Gasteiger partial charge is 0.164 e. The van der Waals surface area contributed by atoms with Crippen molar-refractivity contribution >= 4 is 40.3 Å². The molecule has 0 radical (unpaired) electrons. The molecule has 1 N–H and O–H groups in total. The molecule has 0 bridgehead atoms. The Bertz CT molecular complexity index is 856. The largest absolute Gasteiger partial charge is 0.325 e. The third-order valence-electron chi connectivity index (χ3n) is 3.25. The highest BCUT2D eigenvalue weighted by Crippen LogP contribution is 2.42. The van der Waals surface area contributed by atoms with Crippen molar-refractivity contribution in [3.63, 3.8) is 0 Å². The van der Waals surface area contributed by atoms with Crippen molar-refractivity contribution in [2.75, 3.05) is 9.03 Å². The molecule has 7 heteroatoms. The van der Waals surface area contributed by atoms with E-state index in [9.17, 15) is 4.21 Å². The minimum absolute atomic E-state index is 0.694. The van der Waals surface area contributed by atoms with Gasteiger partial charge < -0.3 is 5.32 Å². The first-order valence-corrected chi connectivity index (χ1v) is 9.82. The minimum Gasteiger partial charge on any atom is -0.325 e. The summed E-state index contributed by atoms with van der Waals surface area (Å²) in [7, 11) is -1.21. The summed E-state index contributed by atoms with van der Waals surface area (Å²) in [4.78, 5) is 10.4. The van der Waals surface area contributed by atoms with Crippen LogP contribution in [-0.2, 0) is 11.0 Å². The van der Waals surface area contributed by atoms with Crippen LogP contribution in [0.4, 0.5) is 17.3 Å². The molecule has 1 atom stereocenters. The second kappa shape index (κ2) is 8.13. The maximum Gasteiger partial charge on any atom is 0.164 e. The molecule has 0 spiro atoms. The summed E-state index contributed by atoms with van der Waals surface area (Å²) in [5.41, 5.74) is 0.802. The number of nitrogens with one attached hydrogen (secondary N) is 1. The first-order chi connectivity index (χ1) is 12.3. The maximum atomic E-state index is 12.5. The van der Waals surface area contributed by atoms with Crippen molar-refractivity contribution in [3.8, 4) is 0 Å². The molecule has 1 aliphatic heterocycles. The fourth-order valence-corrected chi connectivity index (χ4v) is 4.85. The summed E-state index contributed by atoms with van der Waals surface area (Å²) >= 11 is 1.47. The number of hydrogen-bond acceptors (Lipinski definition) is 5. The first kappa shape index (κ1) is 17.4. The van der Waals surface area contributed by atoms with Crippen LogP contribution in [0.1, 0.15) is 13.8 Å². The average Bonchev–Trinajstić information content (AvgIpc) is 3.02. The summed E-state index contributed by atoms with van der Waals surface area (Å²) in [6, 6.07) is 17.1. The molecule has 0 saturated heterocycles. The Morgan fingerprint density at radius 1 is 0.960 bits per heavy atom. The second-order valence-corrected chi connectivity index (χ2v) is 7.31. The van der Waals surface area contributed by atoms with E-state index in [0.717, 1.165) is 21.3 Å². The molecule has 3 heterocycles. The predicted molar refractivity (Wildman–Crippen MR) is 104 cm³/mol. The number of anilines is 3. The van der Waals surface area contributed by atoms with Crippen LogP contribution in [0.5, 0.6) is 0 Å². The molecular formula is C18H18N4OS2. The summed E-state index contributed by atoms with van der Waals surface area (Å²) in [6.07, 6.45) is 3.43. The molecule has 2 aromatic heterocycles. The quantitative estimate of drug-likeness (QED) is 0.671. The van der Waals surface area contributed by atoms with Gasteiger partial charge in [0.2, 0.25) is 0 Å². The van der Waals surface area contributed by atoms with Gasteiger partial charge in [0.05, 0.1) is 16.8 Å². The van der Waals surface area contributed by atoms with Gasteiger partial charge in [-0.05, 0) is 36.4 Å². The second-order valence-electron chi connectivity index (χ2n) is 4.79. The third kappa shape index (κ3) is 3.83. The number of aromatic nitrogens is 2. The molecule has 128 valence electrons. The van der Waals surface area contributed by atoms with Crippen molar-refractivity contribution in [2.45, 2.75) is 23.6 Å². The number of nitrogens with zero attached hydrogens (tertiary/aromatic N) is 3. The summed E-state index contributed by atoms with van der Waals surface area (Å²) in [5.74, 6) is 1.43. The van der Waals surface area contributed by atoms with Crippen LogP contribution in [-0.4, -0.2) is 14.2 Å². The molecule has 3 aromatic rings. The van der Waals surface area contributed by atoms with Crippen LogP contribution in [0.2, 0.25) is 0 Å². The fourth-order valence-electron chi connectivity index (χ4n) is 2.17. The molecule has 1 unspecified atom stereocenters. The van der Waals surface area contributed by atoms with E-state index < -0.39 is 11.0 Å². The number of pyridine rings is 2. The Morgan fingerprint density at radius 3 is 2.40 bits per heavy atom. The Hall–Kier alpha value is -2.38. The van der Waals surface area contributed by atoms with Crippen LogP contribution in [0.25, 0.3) is 0 Å². The molecule has 0 amide bonds. The third-order valence-corrected chi connectivity index (χ3v) is 6.18. The average molecular weight is 371 g/mol. The normalized spacial score (nSPS) is 15.1. The van der Waals surface area contributed by atoms with E-state index in [1.807, 2.05) is 68.4 Å². The zero-order valence-electron chi connectivity index (χ0n) is 13.9. The van der Waals surface area contributed by atoms with Crippen LogP contribution >= 0.6 is 11.9 Å². The van der Waals surface area contributed by atoms with Crippen molar-refractivity contribution in [1.29, 1.82) is 0 Å². The highest BCUT2D eigenvalue weighted by Gasteiger charge is 2.28. The Morgan fingerprint density at radius 2 is 1.72 bits per heavy atom. The molecule has 25 heavy (non-hydrogen) atoms. The molecule has 0 aliphatic carbocycles. The lowest BCUT2D eigenvalue weighted by molar-refractivity contribution is 0.684. The van der Waals surface area contributed by atoms with Crippen LogP contribution in [0.3, 0.4) is 0 Å². The standard InChI is InChI=1S/C16H12N4OS2.C2H6/c21-23-14-6-2-1-5-13(14)22-20(23)12-8-9-16(18-11-12)19-15-7-3-4-10-17-15;1-2/h1-11H,(H,17,18,19);1-2H3. The van der Waals surface area contributed by atoms with Crippen molar-refractivity contribution < 1.29 is 4.21 Å². The van der Waals surface area contributed by atoms with Gasteiger partial charge in [-0.2, -0.15) is 0 Å². The highest BCUT2D eigenvalue weighted by molar-refractivity contribution is 8.14. The molecule has 0 saturated carbocycles. The van der Waals surface area contributed by atoms with E-state index in [1.54, 1.807) is 16.1 Å². The minimum atomic E-state index is -1.21. The first-order valence-electron chi connectivity index (χ1n) is 7.94. The van der Waals surface area contributed by atoms with Gasteiger partial charge in [-0.25, -0.2) is 17.9 Å². The van der Waals surface area contributed by atoms with Gasteiger partial charge in [-0.3, -0.25) is 0 Å². The lowest BCUT2D eigenvalue weighted by Gasteiger charge is -2.14. The Balaban J connectivity index is 0.000000880. The molecule has 1 aliphatic rings. The van der Waals surface area contributed by atoms with Gasteiger partial charge in [0, 0.05) is 23.0 Å². The summed E-state index contributed by atoms with van der Waals surface area (Å²) in [5, 5.41) is 3.13. The number of fused-ring (bicyclic) bond motifs is 1. The van der Waals surface area contributed by atoms with Crippen LogP contribution in [0, 0.1) is 0 Å². The maximum absolute atomic E-state index is 12.5. The summed E-state index contributed by atoms with van der Waals surface area (Å²) in [6.45, 7) is 4.00. The molecular weight excluding hydrogens is 352 g/mol. The topological polar surface area (TPSA) is 58.1 Å².